The summed E-state index contributed by atoms with van der Waals surface area (Å²) in [4.78, 5) is 10.8. The van der Waals surface area contributed by atoms with Gasteiger partial charge >= 0.3 is 0 Å². The van der Waals surface area contributed by atoms with E-state index in [-0.39, 0.29) is 5.78 Å². The number of allylic oxidation sites excluding steroid dienone is 1. The molecule has 14 heavy (non-hydrogen) atoms. The minimum atomic E-state index is 0.246. The Kier molecular flexibility index (Phi) is 4.11. The first kappa shape index (κ1) is 10.7. The number of Topliss-reactive ketones (excluding diaryl/α,β-unsaturated/α-hetero) is 1. The molecule has 1 heteroatoms. The van der Waals surface area contributed by atoms with Gasteiger partial charge in [-0.2, -0.15) is 0 Å². The molecule has 0 amide bonds. The van der Waals surface area contributed by atoms with Crippen molar-refractivity contribution in [1.29, 1.82) is 0 Å². The summed E-state index contributed by atoms with van der Waals surface area (Å²) in [5.41, 5.74) is 1.18. The Balaban J connectivity index is 2.52. The van der Waals surface area contributed by atoms with Gasteiger partial charge in [0.2, 0.25) is 0 Å². The van der Waals surface area contributed by atoms with E-state index in [4.69, 9.17) is 0 Å². The lowest BCUT2D eigenvalue weighted by Crippen LogP contribution is -1.97. The van der Waals surface area contributed by atoms with E-state index < -0.39 is 0 Å². The predicted molar refractivity (Wildman–Crippen MR) is 59.9 cm³/mol. The summed E-state index contributed by atoms with van der Waals surface area (Å²) in [6.45, 7) is 3.69. The number of rotatable bonds is 4. The first-order chi connectivity index (χ1) is 6.68. The summed E-state index contributed by atoms with van der Waals surface area (Å²) in [5.74, 6) is 0.572. The summed E-state index contributed by atoms with van der Waals surface area (Å²) in [7, 11) is 0. The van der Waals surface area contributed by atoms with Gasteiger partial charge in [-0.1, -0.05) is 49.4 Å². The zero-order chi connectivity index (χ0) is 10.4. The van der Waals surface area contributed by atoms with Crippen LogP contribution in [0, 0.1) is 5.92 Å². The molecule has 0 saturated carbocycles. The van der Waals surface area contributed by atoms with Crippen LogP contribution in [-0.2, 0) is 4.79 Å². The molecule has 1 rings (SSSR count). The second kappa shape index (κ2) is 5.38. The molecule has 74 valence electrons. The van der Waals surface area contributed by atoms with Crippen molar-refractivity contribution in [2.24, 2.45) is 5.92 Å². The van der Waals surface area contributed by atoms with Crippen molar-refractivity contribution >= 4 is 11.9 Å². The van der Waals surface area contributed by atoms with Crippen LogP contribution >= 0.6 is 0 Å². The van der Waals surface area contributed by atoms with E-state index in [1.54, 1.807) is 6.92 Å². The van der Waals surface area contributed by atoms with E-state index in [0.29, 0.717) is 12.3 Å². The van der Waals surface area contributed by atoms with Crippen LogP contribution in [0.15, 0.2) is 36.4 Å². The van der Waals surface area contributed by atoms with E-state index in [2.05, 4.69) is 31.2 Å². The van der Waals surface area contributed by atoms with Crippen molar-refractivity contribution in [1.82, 2.24) is 0 Å². The lowest BCUT2D eigenvalue weighted by atomic mass is 10.0. The average molecular weight is 188 g/mol. The van der Waals surface area contributed by atoms with Gasteiger partial charge < -0.3 is 4.79 Å². The molecule has 1 atom stereocenters. The van der Waals surface area contributed by atoms with Crippen LogP contribution in [0.25, 0.3) is 6.08 Å². The molecule has 0 aliphatic rings. The lowest BCUT2D eigenvalue weighted by molar-refractivity contribution is -0.117. The van der Waals surface area contributed by atoms with Gasteiger partial charge in [0.15, 0.2) is 0 Å². The second-order valence-corrected chi connectivity index (χ2v) is 3.65. The van der Waals surface area contributed by atoms with E-state index in [9.17, 15) is 4.79 Å². The van der Waals surface area contributed by atoms with Crippen LogP contribution in [-0.4, -0.2) is 5.78 Å². The molecule has 0 N–H and O–H groups in total. The van der Waals surface area contributed by atoms with Crippen LogP contribution in [0.5, 0.6) is 0 Å². The molecule has 0 heterocycles. The SMILES string of the molecule is CC(=O)CC(C)C=Cc1ccccc1. The lowest BCUT2D eigenvalue weighted by Gasteiger charge is -2.01. The molecule has 0 saturated heterocycles. The molecule has 0 aromatic heterocycles. The van der Waals surface area contributed by atoms with Gasteiger partial charge in [-0.25, -0.2) is 0 Å². The fraction of sp³-hybridized carbons (Fsp3) is 0.308. The number of hydrogen-bond donors (Lipinski definition) is 0. The maximum Gasteiger partial charge on any atom is 0.130 e. The first-order valence-corrected chi connectivity index (χ1v) is 4.91. The molecule has 0 aliphatic heterocycles. The molecule has 0 fully saturated rings. The van der Waals surface area contributed by atoms with Crippen molar-refractivity contribution in [3.05, 3.63) is 42.0 Å². The number of hydrogen-bond acceptors (Lipinski definition) is 1. The molecule has 1 unspecified atom stereocenters. The number of carbonyl (C=O) groups is 1. The molecule has 0 aliphatic carbocycles. The maximum absolute atomic E-state index is 10.8. The first-order valence-electron chi connectivity index (χ1n) is 4.91. The Labute approximate surface area is 85.5 Å². The third-order valence-electron chi connectivity index (χ3n) is 2.03. The Hall–Kier alpha value is -1.37. The molecular formula is C13H16O. The van der Waals surface area contributed by atoms with Crippen LogP contribution < -0.4 is 0 Å². The standard InChI is InChI=1S/C13H16O/c1-11(10-12(2)14)8-9-13-6-4-3-5-7-13/h3-9,11H,10H2,1-2H3. The minimum absolute atomic E-state index is 0.246. The Morgan fingerprint density at radius 1 is 1.36 bits per heavy atom. The zero-order valence-corrected chi connectivity index (χ0v) is 8.73. The van der Waals surface area contributed by atoms with Crippen molar-refractivity contribution in [3.63, 3.8) is 0 Å². The molecule has 0 bridgehead atoms. The molecule has 0 radical (unpaired) electrons. The highest BCUT2D eigenvalue weighted by Crippen LogP contribution is 2.08. The molecular weight excluding hydrogens is 172 g/mol. The van der Waals surface area contributed by atoms with Crippen molar-refractivity contribution in [3.8, 4) is 0 Å². The second-order valence-electron chi connectivity index (χ2n) is 3.65. The summed E-state index contributed by atoms with van der Waals surface area (Å²) < 4.78 is 0. The van der Waals surface area contributed by atoms with E-state index in [0.717, 1.165) is 0 Å². The summed E-state index contributed by atoms with van der Waals surface area (Å²) in [5, 5.41) is 0. The topological polar surface area (TPSA) is 17.1 Å². The highest BCUT2D eigenvalue weighted by molar-refractivity contribution is 5.76. The van der Waals surface area contributed by atoms with E-state index >= 15 is 0 Å². The Morgan fingerprint density at radius 2 is 2.00 bits per heavy atom. The predicted octanol–water partition coefficient (Wildman–Crippen LogP) is 3.32. The summed E-state index contributed by atoms with van der Waals surface area (Å²) in [6.07, 6.45) is 4.77. The number of benzene rings is 1. The number of carbonyl (C=O) groups excluding carboxylic acids is 1. The van der Waals surface area contributed by atoms with E-state index in [1.807, 2.05) is 18.2 Å². The van der Waals surface area contributed by atoms with Crippen molar-refractivity contribution in [2.75, 3.05) is 0 Å². The van der Waals surface area contributed by atoms with Gasteiger partial charge in [0, 0.05) is 6.42 Å². The fourth-order valence-corrected chi connectivity index (χ4v) is 1.36. The Bertz CT molecular complexity index is 311. The normalized spacial score (nSPS) is 13.0. The van der Waals surface area contributed by atoms with Gasteiger partial charge in [0.25, 0.3) is 0 Å². The van der Waals surface area contributed by atoms with E-state index in [1.165, 1.54) is 5.56 Å². The van der Waals surface area contributed by atoms with Gasteiger partial charge in [-0.05, 0) is 18.4 Å². The third-order valence-corrected chi connectivity index (χ3v) is 2.03. The zero-order valence-electron chi connectivity index (χ0n) is 8.73. The summed E-state index contributed by atoms with van der Waals surface area (Å²) in [6, 6.07) is 10.1. The smallest absolute Gasteiger partial charge is 0.130 e. The molecule has 0 spiro atoms. The highest BCUT2D eigenvalue weighted by atomic mass is 16.1. The van der Waals surface area contributed by atoms with Crippen LogP contribution in [0.3, 0.4) is 0 Å². The quantitative estimate of drug-likeness (QED) is 0.708. The summed E-state index contributed by atoms with van der Waals surface area (Å²) >= 11 is 0. The van der Waals surface area contributed by atoms with Crippen LogP contribution in [0.2, 0.25) is 0 Å². The monoisotopic (exact) mass is 188 g/mol. The van der Waals surface area contributed by atoms with Crippen molar-refractivity contribution < 1.29 is 4.79 Å². The van der Waals surface area contributed by atoms with Gasteiger partial charge in [0.05, 0.1) is 0 Å². The average Bonchev–Trinajstić information content (AvgIpc) is 2.15. The van der Waals surface area contributed by atoms with Gasteiger partial charge in [-0.15, -0.1) is 0 Å². The fourth-order valence-electron chi connectivity index (χ4n) is 1.36. The van der Waals surface area contributed by atoms with Gasteiger partial charge in [0.1, 0.15) is 5.78 Å². The Morgan fingerprint density at radius 3 is 2.57 bits per heavy atom. The largest absolute Gasteiger partial charge is 0.300 e. The number of ketones is 1. The molecule has 1 aromatic carbocycles. The minimum Gasteiger partial charge on any atom is -0.300 e. The van der Waals surface area contributed by atoms with Crippen LogP contribution in [0.4, 0.5) is 0 Å². The highest BCUT2D eigenvalue weighted by Gasteiger charge is 1.99. The van der Waals surface area contributed by atoms with Crippen molar-refractivity contribution in [2.45, 2.75) is 20.3 Å². The molecule has 1 nitrogen and oxygen atoms in total. The van der Waals surface area contributed by atoms with Gasteiger partial charge in [-0.3, -0.25) is 0 Å². The third kappa shape index (κ3) is 4.04. The maximum atomic E-state index is 10.8. The van der Waals surface area contributed by atoms with Crippen LogP contribution in [0.1, 0.15) is 25.8 Å². The molecule has 1 aromatic rings.